The maximum atomic E-state index is 13.3. The number of halogens is 1. The van der Waals surface area contributed by atoms with Crippen molar-refractivity contribution in [3.8, 4) is 0 Å². The zero-order chi connectivity index (χ0) is 14.3. The highest BCUT2D eigenvalue weighted by atomic mass is 19.1. The molecule has 0 saturated carbocycles. The molecule has 102 valence electrons. The predicted molar refractivity (Wildman–Crippen MR) is 70.8 cm³/mol. The third-order valence-corrected chi connectivity index (χ3v) is 3.22. The summed E-state index contributed by atoms with van der Waals surface area (Å²) in [4.78, 5) is 30.1. The van der Waals surface area contributed by atoms with Crippen LogP contribution in [0.2, 0.25) is 0 Å². The fourth-order valence-electron chi connectivity index (χ4n) is 2.40. The molecule has 1 aromatic heterocycles. The van der Waals surface area contributed by atoms with Crippen molar-refractivity contribution in [1.29, 1.82) is 0 Å². The molecule has 0 fully saturated rings. The molecule has 1 aliphatic rings. The molecule has 3 rings (SSSR count). The van der Waals surface area contributed by atoms with E-state index in [9.17, 15) is 14.0 Å². The van der Waals surface area contributed by atoms with Crippen LogP contribution in [0.15, 0.2) is 29.1 Å². The number of hydrogen-bond donors (Lipinski definition) is 3. The lowest BCUT2D eigenvalue weighted by molar-refractivity contribution is -0.116. The molecule has 1 atom stereocenters. The number of aromatic nitrogens is 2. The van der Waals surface area contributed by atoms with Gasteiger partial charge in [-0.1, -0.05) is 12.1 Å². The summed E-state index contributed by atoms with van der Waals surface area (Å²) in [6, 6.07) is 5.82. The lowest BCUT2D eigenvalue weighted by Crippen LogP contribution is -2.31. The van der Waals surface area contributed by atoms with Gasteiger partial charge in [0.25, 0.3) is 5.56 Å². The van der Waals surface area contributed by atoms with Gasteiger partial charge in [-0.25, -0.2) is 4.39 Å². The van der Waals surface area contributed by atoms with Gasteiger partial charge in [-0.15, -0.1) is 0 Å². The second-order valence-corrected chi connectivity index (χ2v) is 4.57. The molecule has 0 spiro atoms. The second kappa shape index (κ2) is 4.44. The van der Waals surface area contributed by atoms with E-state index in [4.69, 9.17) is 5.73 Å². The molecule has 20 heavy (non-hydrogen) atoms. The monoisotopic (exact) mass is 274 g/mol. The SMILES string of the molecule is Nc1nc2c(c(=O)[nH]1)C(c1cccc(F)c1)CC(=O)N2. The van der Waals surface area contributed by atoms with Gasteiger partial charge in [0.1, 0.15) is 11.6 Å². The van der Waals surface area contributed by atoms with Crippen LogP contribution < -0.4 is 16.6 Å². The summed E-state index contributed by atoms with van der Waals surface area (Å²) in [6.07, 6.45) is 0.0606. The summed E-state index contributed by atoms with van der Waals surface area (Å²) >= 11 is 0. The van der Waals surface area contributed by atoms with Gasteiger partial charge in [-0.2, -0.15) is 4.98 Å². The first-order chi connectivity index (χ1) is 9.54. The van der Waals surface area contributed by atoms with Crippen molar-refractivity contribution in [3.63, 3.8) is 0 Å². The third-order valence-electron chi connectivity index (χ3n) is 3.22. The molecule has 0 radical (unpaired) electrons. The average Bonchev–Trinajstić information content (AvgIpc) is 2.36. The zero-order valence-electron chi connectivity index (χ0n) is 10.3. The van der Waals surface area contributed by atoms with Gasteiger partial charge < -0.3 is 11.1 Å². The molecular formula is C13H11FN4O2. The van der Waals surface area contributed by atoms with E-state index in [1.54, 1.807) is 6.07 Å². The van der Waals surface area contributed by atoms with Gasteiger partial charge in [-0.3, -0.25) is 14.6 Å². The number of hydrogen-bond acceptors (Lipinski definition) is 4. The Balaban J connectivity index is 2.20. The lowest BCUT2D eigenvalue weighted by atomic mass is 9.87. The number of rotatable bonds is 1. The van der Waals surface area contributed by atoms with Crippen molar-refractivity contribution in [3.05, 3.63) is 51.6 Å². The van der Waals surface area contributed by atoms with Gasteiger partial charge in [0, 0.05) is 12.3 Å². The fraction of sp³-hybridized carbons (Fsp3) is 0.154. The molecular weight excluding hydrogens is 263 g/mol. The van der Waals surface area contributed by atoms with Crippen molar-refractivity contribution in [2.24, 2.45) is 0 Å². The minimum atomic E-state index is -0.536. The molecule has 6 nitrogen and oxygen atoms in total. The molecule has 0 bridgehead atoms. The van der Waals surface area contributed by atoms with Crippen LogP contribution in [0.1, 0.15) is 23.5 Å². The van der Waals surface area contributed by atoms with Gasteiger partial charge in [0.2, 0.25) is 11.9 Å². The number of amides is 1. The Morgan fingerprint density at radius 2 is 2.15 bits per heavy atom. The molecule has 2 heterocycles. The van der Waals surface area contributed by atoms with E-state index in [1.165, 1.54) is 18.2 Å². The molecule has 1 unspecified atom stereocenters. The fourth-order valence-corrected chi connectivity index (χ4v) is 2.40. The third kappa shape index (κ3) is 2.03. The molecule has 4 N–H and O–H groups in total. The van der Waals surface area contributed by atoms with Gasteiger partial charge in [0.05, 0.1) is 5.56 Å². The van der Waals surface area contributed by atoms with Crippen LogP contribution in [-0.2, 0) is 4.79 Å². The summed E-state index contributed by atoms with van der Waals surface area (Å²) < 4.78 is 13.3. The van der Waals surface area contributed by atoms with Gasteiger partial charge in [0.15, 0.2) is 0 Å². The summed E-state index contributed by atoms with van der Waals surface area (Å²) in [5, 5.41) is 2.51. The van der Waals surface area contributed by atoms with Crippen LogP contribution in [0, 0.1) is 5.82 Å². The van der Waals surface area contributed by atoms with Crippen LogP contribution in [0.25, 0.3) is 0 Å². The minimum Gasteiger partial charge on any atom is -0.369 e. The largest absolute Gasteiger partial charge is 0.369 e. The Labute approximate surface area is 112 Å². The number of nitrogens with two attached hydrogens (primary N) is 1. The summed E-state index contributed by atoms with van der Waals surface area (Å²) in [5.41, 5.74) is 5.88. The first kappa shape index (κ1) is 12.3. The number of nitrogens with zero attached hydrogens (tertiary/aromatic N) is 1. The van der Waals surface area contributed by atoms with Crippen LogP contribution in [0.4, 0.5) is 16.2 Å². The quantitative estimate of drug-likeness (QED) is 0.721. The first-order valence-corrected chi connectivity index (χ1v) is 5.99. The number of anilines is 2. The molecule has 7 heteroatoms. The molecule has 1 amide bonds. The van der Waals surface area contributed by atoms with Gasteiger partial charge >= 0.3 is 0 Å². The number of benzene rings is 1. The Morgan fingerprint density at radius 1 is 1.35 bits per heavy atom. The van der Waals surface area contributed by atoms with Crippen molar-refractivity contribution in [2.75, 3.05) is 11.1 Å². The minimum absolute atomic E-state index is 0.0606. The molecule has 0 saturated heterocycles. The lowest BCUT2D eigenvalue weighted by Gasteiger charge is -2.24. The van der Waals surface area contributed by atoms with Crippen LogP contribution in [-0.4, -0.2) is 15.9 Å². The predicted octanol–water partition coefficient (Wildman–Crippen LogP) is 0.965. The normalized spacial score (nSPS) is 17.4. The standard InChI is InChI=1S/C13H11FN4O2/c14-7-3-1-2-6(4-7)8-5-9(19)16-11-10(8)12(20)18-13(15)17-11/h1-4,8H,5H2,(H4,15,16,17,18,19,20). The van der Waals surface area contributed by atoms with E-state index in [0.717, 1.165) is 0 Å². The first-order valence-electron chi connectivity index (χ1n) is 5.99. The highest BCUT2D eigenvalue weighted by Crippen LogP contribution is 2.33. The van der Waals surface area contributed by atoms with Crippen LogP contribution in [0.3, 0.4) is 0 Å². The number of H-pyrrole nitrogens is 1. The number of fused-ring (bicyclic) bond motifs is 1. The molecule has 1 aliphatic heterocycles. The topological polar surface area (TPSA) is 101 Å². The second-order valence-electron chi connectivity index (χ2n) is 4.57. The van der Waals surface area contributed by atoms with Crippen molar-refractivity contribution < 1.29 is 9.18 Å². The van der Waals surface area contributed by atoms with Crippen LogP contribution in [0.5, 0.6) is 0 Å². The average molecular weight is 274 g/mol. The van der Waals surface area contributed by atoms with E-state index in [-0.39, 0.29) is 24.1 Å². The number of aromatic amines is 1. The van der Waals surface area contributed by atoms with E-state index in [0.29, 0.717) is 11.1 Å². The Kier molecular flexibility index (Phi) is 2.74. The maximum absolute atomic E-state index is 13.3. The zero-order valence-corrected chi connectivity index (χ0v) is 10.3. The van der Waals surface area contributed by atoms with Crippen molar-refractivity contribution in [1.82, 2.24) is 9.97 Å². The van der Waals surface area contributed by atoms with Crippen molar-refractivity contribution >= 4 is 17.7 Å². The van der Waals surface area contributed by atoms with E-state index in [1.807, 2.05) is 0 Å². The maximum Gasteiger partial charge on any atom is 0.258 e. The smallest absolute Gasteiger partial charge is 0.258 e. The number of carbonyl (C=O) groups is 1. The summed E-state index contributed by atoms with van der Waals surface area (Å²) in [5.74, 6) is -1.18. The highest BCUT2D eigenvalue weighted by Gasteiger charge is 2.30. The number of nitrogens with one attached hydrogen (secondary N) is 2. The Bertz CT molecular complexity index is 756. The van der Waals surface area contributed by atoms with Crippen molar-refractivity contribution in [2.45, 2.75) is 12.3 Å². The Hall–Kier alpha value is -2.70. The number of carbonyl (C=O) groups excluding carboxylic acids is 1. The van der Waals surface area contributed by atoms with Gasteiger partial charge in [-0.05, 0) is 17.7 Å². The molecule has 0 aliphatic carbocycles. The molecule has 1 aromatic carbocycles. The molecule has 2 aromatic rings. The number of nitrogen functional groups attached to an aromatic ring is 1. The van der Waals surface area contributed by atoms with Crippen LogP contribution >= 0.6 is 0 Å². The highest BCUT2D eigenvalue weighted by molar-refractivity contribution is 5.94. The van der Waals surface area contributed by atoms with E-state index in [2.05, 4.69) is 15.3 Å². The Morgan fingerprint density at radius 3 is 2.90 bits per heavy atom. The summed E-state index contributed by atoms with van der Waals surface area (Å²) in [6.45, 7) is 0. The van der Waals surface area contributed by atoms with E-state index >= 15 is 0 Å². The summed E-state index contributed by atoms with van der Waals surface area (Å²) in [7, 11) is 0. The van der Waals surface area contributed by atoms with E-state index < -0.39 is 17.3 Å².